The highest BCUT2D eigenvalue weighted by Gasteiger charge is 2.22. The van der Waals surface area contributed by atoms with Crippen LogP contribution in [0.15, 0.2) is 12.1 Å². The molecule has 0 aromatic carbocycles. The van der Waals surface area contributed by atoms with Crippen LogP contribution in [0, 0.1) is 0 Å². The van der Waals surface area contributed by atoms with Gasteiger partial charge in [0, 0.05) is 50.8 Å². The molecule has 0 aliphatic carbocycles. The summed E-state index contributed by atoms with van der Waals surface area (Å²) < 4.78 is 6.73. The number of thiophene rings is 1. The van der Waals surface area contributed by atoms with Crippen molar-refractivity contribution in [1.82, 2.24) is 9.80 Å². The van der Waals surface area contributed by atoms with Crippen molar-refractivity contribution in [2.45, 2.75) is 31.9 Å². The van der Waals surface area contributed by atoms with Gasteiger partial charge >= 0.3 is 0 Å². The lowest BCUT2D eigenvalue weighted by Gasteiger charge is -2.37. The molecule has 0 saturated carbocycles. The van der Waals surface area contributed by atoms with Gasteiger partial charge in [0.15, 0.2) is 0 Å². The highest BCUT2D eigenvalue weighted by Crippen LogP contribution is 2.23. The zero-order valence-corrected chi connectivity index (χ0v) is 13.5. The van der Waals surface area contributed by atoms with Gasteiger partial charge in [0.25, 0.3) is 0 Å². The van der Waals surface area contributed by atoms with Crippen LogP contribution in [-0.4, -0.2) is 55.2 Å². The van der Waals surface area contributed by atoms with Crippen molar-refractivity contribution in [2.75, 3.05) is 39.3 Å². The second kappa shape index (κ2) is 7.23. The fourth-order valence-electron chi connectivity index (χ4n) is 3.03. The fourth-order valence-corrected chi connectivity index (χ4v) is 4.16. The Kier molecular flexibility index (Phi) is 5.35. The largest absolute Gasteiger partial charge is 0.377 e. The van der Waals surface area contributed by atoms with Crippen molar-refractivity contribution in [3.05, 3.63) is 21.3 Å². The van der Waals surface area contributed by atoms with Crippen molar-refractivity contribution >= 4 is 22.9 Å². The molecule has 20 heavy (non-hydrogen) atoms. The van der Waals surface area contributed by atoms with Crippen LogP contribution < -0.4 is 0 Å². The molecule has 1 aromatic rings. The number of piperazine rings is 1. The first-order valence-corrected chi connectivity index (χ1v) is 8.79. The molecule has 1 atom stereocenters. The van der Waals surface area contributed by atoms with Crippen LogP contribution in [0.5, 0.6) is 0 Å². The van der Waals surface area contributed by atoms with E-state index in [0.29, 0.717) is 6.10 Å². The summed E-state index contributed by atoms with van der Waals surface area (Å²) in [7, 11) is 0. The lowest BCUT2D eigenvalue weighted by molar-refractivity contribution is -0.0145. The maximum Gasteiger partial charge on any atom is 0.0931 e. The van der Waals surface area contributed by atoms with Crippen LogP contribution in [0.2, 0.25) is 4.34 Å². The Balaban J connectivity index is 1.40. The van der Waals surface area contributed by atoms with Gasteiger partial charge < -0.3 is 4.74 Å². The predicted molar refractivity (Wildman–Crippen MR) is 84.6 cm³/mol. The van der Waals surface area contributed by atoms with Gasteiger partial charge in [0.2, 0.25) is 0 Å². The lowest BCUT2D eigenvalue weighted by Crippen LogP contribution is -2.48. The molecule has 2 aliphatic rings. The van der Waals surface area contributed by atoms with Crippen molar-refractivity contribution in [3.63, 3.8) is 0 Å². The normalized spacial score (nSPS) is 25.9. The Hall–Kier alpha value is -0.130. The maximum atomic E-state index is 5.99. The van der Waals surface area contributed by atoms with Crippen LogP contribution in [0.3, 0.4) is 0 Å². The molecule has 2 saturated heterocycles. The molecule has 2 aliphatic heterocycles. The van der Waals surface area contributed by atoms with E-state index in [4.69, 9.17) is 16.3 Å². The molecule has 1 aromatic heterocycles. The van der Waals surface area contributed by atoms with E-state index in [1.807, 2.05) is 6.07 Å². The van der Waals surface area contributed by atoms with E-state index in [1.165, 1.54) is 37.2 Å². The minimum atomic E-state index is 0.478. The number of hydrogen-bond acceptors (Lipinski definition) is 4. The summed E-state index contributed by atoms with van der Waals surface area (Å²) >= 11 is 7.69. The zero-order valence-electron chi connectivity index (χ0n) is 11.9. The summed E-state index contributed by atoms with van der Waals surface area (Å²) in [5.41, 5.74) is 0. The van der Waals surface area contributed by atoms with Gasteiger partial charge in [0.1, 0.15) is 0 Å². The Morgan fingerprint density at radius 3 is 2.60 bits per heavy atom. The smallest absolute Gasteiger partial charge is 0.0931 e. The molecule has 5 heteroatoms. The lowest BCUT2D eigenvalue weighted by atomic mass is 10.1. The molecule has 3 heterocycles. The zero-order chi connectivity index (χ0) is 13.8. The number of ether oxygens (including phenoxy) is 1. The second-order valence-corrected chi connectivity index (χ2v) is 7.57. The van der Waals surface area contributed by atoms with E-state index in [2.05, 4.69) is 15.9 Å². The van der Waals surface area contributed by atoms with Gasteiger partial charge in [0.05, 0.1) is 10.4 Å². The number of halogens is 1. The van der Waals surface area contributed by atoms with Crippen molar-refractivity contribution in [1.29, 1.82) is 0 Å². The summed E-state index contributed by atoms with van der Waals surface area (Å²) in [5.74, 6) is 0. The van der Waals surface area contributed by atoms with E-state index >= 15 is 0 Å². The van der Waals surface area contributed by atoms with Gasteiger partial charge in [-0.15, -0.1) is 11.3 Å². The average Bonchev–Trinajstić information content (AvgIpc) is 2.88. The van der Waals surface area contributed by atoms with E-state index in [9.17, 15) is 0 Å². The number of nitrogens with zero attached hydrogens (tertiary/aromatic N) is 2. The van der Waals surface area contributed by atoms with Crippen LogP contribution in [0.1, 0.15) is 24.1 Å². The maximum absolute atomic E-state index is 5.99. The fraction of sp³-hybridized carbons (Fsp3) is 0.733. The second-order valence-electron chi connectivity index (χ2n) is 5.77. The summed E-state index contributed by atoms with van der Waals surface area (Å²) in [6.45, 7) is 7.77. The SMILES string of the molecule is Clc1ccc(CN2CCN(CC3CCCCO3)CC2)s1. The van der Waals surface area contributed by atoms with Crippen molar-refractivity contribution < 1.29 is 4.74 Å². The third-order valence-electron chi connectivity index (χ3n) is 4.21. The Labute approximate surface area is 130 Å². The highest BCUT2D eigenvalue weighted by molar-refractivity contribution is 7.16. The molecule has 0 bridgehead atoms. The Morgan fingerprint density at radius 2 is 1.95 bits per heavy atom. The first-order chi connectivity index (χ1) is 9.79. The first kappa shape index (κ1) is 14.8. The third kappa shape index (κ3) is 4.18. The molecule has 3 rings (SSSR count). The average molecular weight is 315 g/mol. The number of rotatable bonds is 4. The van der Waals surface area contributed by atoms with E-state index in [-0.39, 0.29) is 0 Å². The van der Waals surface area contributed by atoms with Gasteiger partial charge in [-0.05, 0) is 31.4 Å². The van der Waals surface area contributed by atoms with Crippen molar-refractivity contribution in [3.8, 4) is 0 Å². The first-order valence-electron chi connectivity index (χ1n) is 7.60. The van der Waals surface area contributed by atoms with Gasteiger partial charge in [-0.2, -0.15) is 0 Å². The summed E-state index contributed by atoms with van der Waals surface area (Å²) in [4.78, 5) is 6.47. The van der Waals surface area contributed by atoms with Crippen LogP contribution in [-0.2, 0) is 11.3 Å². The Morgan fingerprint density at radius 1 is 1.15 bits per heavy atom. The van der Waals surface area contributed by atoms with Crippen LogP contribution in [0.4, 0.5) is 0 Å². The quantitative estimate of drug-likeness (QED) is 0.849. The molecule has 112 valence electrons. The van der Waals surface area contributed by atoms with E-state index in [0.717, 1.165) is 37.1 Å². The van der Waals surface area contributed by atoms with Gasteiger partial charge in [-0.3, -0.25) is 9.80 Å². The number of hydrogen-bond donors (Lipinski definition) is 0. The van der Waals surface area contributed by atoms with Crippen molar-refractivity contribution in [2.24, 2.45) is 0 Å². The highest BCUT2D eigenvalue weighted by atomic mass is 35.5. The third-order valence-corrected chi connectivity index (χ3v) is 5.42. The molecule has 0 spiro atoms. The topological polar surface area (TPSA) is 15.7 Å². The molecule has 2 fully saturated rings. The Bertz CT molecular complexity index is 412. The van der Waals surface area contributed by atoms with Crippen LogP contribution >= 0.6 is 22.9 Å². The molecular weight excluding hydrogens is 292 g/mol. The molecular formula is C15H23ClN2OS. The molecule has 3 nitrogen and oxygen atoms in total. The minimum absolute atomic E-state index is 0.478. The summed E-state index contributed by atoms with van der Waals surface area (Å²) in [5, 5.41) is 0. The standard InChI is InChI=1S/C15H23ClN2OS/c16-15-5-4-14(20-15)12-18-8-6-17(7-9-18)11-13-3-1-2-10-19-13/h4-5,13H,1-3,6-12H2. The van der Waals surface area contributed by atoms with E-state index < -0.39 is 0 Å². The minimum Gasteiger partial charge on any atom is -0.377 e. The summed E-state index contributed by atoms with van der Waals surface area (Å²) in [6.07, 6.45) is 4.30. The monoisotopic (exact) mass is 314 g/mol. The summed E-state index contributed by atoms with van der Waals surface area (Å²) in [6, 6.07) is 4.15. The molecule has 0 amide bonds. The molecule has 1 unspecified atom stereocenters. The van der Waals surface area contributed by atoms with Gasteiger partial charge in [-0.25, -0.2) is 0 Å². The molecule has 0 radical (unpaired) electrons. The van der Waals surface area contributed by atoms with Gasteiger partial charge in [-0.1, -0.05) is 11.6 Å². The molecule has 0 N–H and O–H groups in total. The predicted octanol–water partition coefficient (Wildman–Crippen LogP) is 3.09. The van der Waals surface area contributed by atoms with E-state index in [1.54, 1.807) is 11.3 Å². The van der Waals surface area contributed by atoms with Crippen LogP contribution in [0.25, 0.3) is 0 Å².